The topological polar surface area (TPSA) is 92.8 Å². The minimum Gasteiger partial charge on any atom is -0.376 e. The van der Waals surface area contributed by atoms with Crippen LogP contribution < -0.4 is 5.32 Å². The molecule has 25 heavy (non-hydrogen) atoms. The summed E-state index contributed by atoms with van der Waals surface area (Å²) in [5.74, 6) is 0.960. The van der Waals surface area contributed by atoms with E-state index in [-0.39, 0.29) is 17.8 Å². The van der Waals surface area contributed by atoms with Gasteiger partial charge in [-0.05, 0) is 24.3 Å². The number of thioether (sulfide) groups is 1. The number of carbonyl (C=O) groups is 1. The summed E-state index contributed by atoms with van der Waals surface area (Å²) >= 11 is 2.97. The van der Waals surface area contributed by atoms with Crippen molar-refractivity contribution in [2.24, 2.45) is 0 Å². The van der Waals surface area contributed by atoms with Crippen LogP contribution in [0.1, 0.15) is 19.3 Å². The van der Waals surface area contributed by atoms with Crippen molar-refractivity contribution in [3.63, 3.8) is 0 Å². The third kappa shape index (κ3) is 4.81. The molecule has 2 aromatic rings. The highest BCUT2D eigenvalue weighted by Gasteiger charge is 2.22. The van der Waals surface area contributed by atoms with Gasteiger partial charge in [0.2, 0.25) is 5.91 Å². The predicted molar refractivity (Wildman–Crippen MR) is 96.3 cm³/mol. The van der Waals surface area contributed by atoms with Crippen LogP contribution in [0.2, 0.25) is 0 Å². The average Bonchev–Trinajstić information content (AvgIpc) is 3.36. The first-order valence-corrected chi connectivity index (χ1v) is 9.99. The van der Waals surface area contributed by atoms with Crippen LogP contribution in [0.25, 0.3) is 10.7 Å². The zero-order valence-corrected chi connectivity index (χ0v) is 15.3. The number of rotatable bonds is 8. The molecule has 0 spiro atoms. The molecule has 9 heteroatoms. The first-order chi connectivity index (χ1) is 12.3. The first-order valence-electron chi connectivity index (χ1n) is 8.13. The molecule has 0 aromatic carbocycles. The van der Waals surface area contributed by atoms with Gasteiger partial charge in [0.15, 0.2) is 11.0 Å². The smallest absolute Gasteiger partial charge is 0.230 e. The number of ether oxygens (including phenoxy) is 1. The molecule has 0 bridgehead atoms. The SMILES string of the molecule is N#CCCNC(=O)CSc1nnc(-c2cccs2)n1CC1CCCO1. The van der Waals surface area contributed by atoms with Crippen LogP contribution in [0.5, 0.6) is 0 Å². The summed E-state index contributed by atoms with van der Waals surface area (Å²) in [7, 11) is 0. The van der Waals surface area contributed by atoms with E-state index >= 15 is 0 Å². The van der Waals surface area contributed by atoms with Crippen LogP contribution in [0.15, 0.2) is 22.7 Å². The van der Waals surface area contributed by atoms with Crippen molar-refractivity contribution in [2.45, 2.75) is 37.1 Å². The van der Waals surface area contributed by atoms with Gasteiger partial charge in [0.25, 0.3) is 0 Å². The molecule has 3 rings (SSSR count). The van der Waals surface area contributed by atoms with Gasteiger partial charge in [-0.3, -0.25) is 9.36 Å². The zero-order valence-electron chi connectivity index (χ0n) is 13.7. The maximum Gasteiger partial charge on any atom is 0.230 e. The van der Waals surface area contributed by atoms with Crippen molar-refractivity contribution >= 4 is 29.0 Å². The van der Waals surface area contributed by atoms with Crippen molar-refractivity contribution in [3.05, 3.63) is 17.5 Å². The molecule has 0 saturated carbocycles. The molecule has 7 nitrogen and oxygen atoms in total. The lowest BCUT2D eigenvalue weighted by Gasteiger charge is -2.14. The maximum atomic E-state index is 11.9. The summed E-state index contributed by atoms with van der Waals surface area (Å²) in [6.07, 6.45) is 2.58. The maximum absolute atomic E-state index is 11.9. The first kappa shape index (κ1) is 17.9. The van der Waals surface area contributed by atoms with Gasteiger partial charge >= 0.3 is 0 Å². The Morgan fingerprint density at radius 1 is 1.56 bits per heavy atom. The van der Waals surface area contributed by atoms with Crippen molar-refractivity contribution in [1.82, 2.24) is 20.1 Å². The zero-order chi connectivity index (χ0) is 17.5. The monoisotopic (exact) mass is 377 g/mol. The molecule has 1 N–H and O–H groups in total. The van der Waals surface area contributed by atoms with E-state index in [0.29, 0.717) is 24.7 Å². The van der Waals surface area contributed by atoms with Gasteiger partial charge in [-0.15, -0.1) is 21.5 Å². The van der Waals surface area contributed by atoms with E-state index in [4.69, 9.17) is 10.00 Å². The second-order valence-corrected chi connectivity index (χ2v) is 7.47. The molecule has 0 radical (unpaired) electrons. The van der Waals surface area contributed by atoms with E-state index in [1.807, 2.05) is 23.6 Å². The van der Waals surface area contributed by atoms with Gasteiger partial charge in [0, 0.05) is 13.2 Å². The van der Waals surface area contributed by atoms with Crippen molar-refractivity contribution in [2.75, 3.05) is 18.9 Å². The number of aromatic nitrogens is 3. The lowest BCUT2D eigenvalue weighted by Crippen LogP contribution is -2.26. The van der Waals surface area contributed by atoms with Gasteiger partial charge in [0.05, 0.1) is 35.8 Å². The largest absolute Gasteiger partial charge is 0.376 e. The van der Waals surface area contributed by atoms with Gasteiger partial charge in [0.1, 0.15) is 0 Å². The van der Waals surface area contributed by atoms with E-state index < -0.39 is 0 Å². The predicted octanol–water partition coefficient (Wildman–Crippen LogP) is 2.31. The normalized spacial score (nSPS) is 16.7. The van der Waals surface area contributed by atoms with Crippen molar-refractivity contribution in [3.8, 4) is 16.8 Å². The van der Waals surface area contributed by atoms with Crippen LogP contribution in [0, 0.1) is 11.3 Å². The number of carbonyl (C=O) groups excluding carboxylic acids is 1. The van der Waals surface area contributed by atoms with E-state index in [1.165, 1.54) is 11.8 Å². The Kier molecular flexibility index (Phi) is 6.44. The molecule has 1 fully saturated rings. The fourth-order valence-corrected chi connectivity index (χ4v) is 4.07. The molecule has 1 unspecified atom stereocenters. The molecule has 1 saturated heterocycles. The Morgan fingerprint density at radius 2 is 2.48 bits per heavy atom. The second-order valence-electron chi connectivity index (χ2n) is 5.58. The standard InChI is InChI=1S/C16H19N5O2S2/c17-6-3-7-18-14(22)11-25-16-20-19-15(13-5-2-9-24-13)21(16)10-12-4-1-8-23-12/h2,5,9,12H,1,3-4,7-8,10-11H2,(H,18,22). The van der Waals surface area contributed by atoms with Gasteiger partial charge in [-0.2, -0.15) is 5.26 Å². The Bertz CT molecular complexity index is 732. The number of nitrogens with one attached hydrogen (secondary N) is 1. The number of thiophene rings is 1. The molecule has 3 heterocycles. The summed E-state index contributed by atoms with van der Waals surface area (Å²) in [5, 5.41) is 22.6. The third-order valence-electron chi connectivity index (χ3n) is 3.76. The summed E-state index contributed by atoms with van der Waals surface area (Å²) in [5.41, 5.74) is 0. The van der Waals surface area contributed by atoms with Gasteiger partial charge < -0.3 is 10.1 Å². The van der Waals surface area contributed by atoms with E-state index in [1.54, 1.807) is 11.3 Å². The van der Waals surface area contributed by atoms with Crippen molar-refractivity contribution < 1.29 is 9.53 Å². The lowest BCUT2D eigenvalue weighted by atomic mass is 10.2. The highest BCUT2D eigenvalue weighted by molar-refractivity contribution is 7.99. The summed E-state index contributed by atoms with van der Waals surface area (Å²) < 4.78 is 7.80. The highest BCUT2D eigenvalue weighted by atomic mass is 32.2. The Balaban J connectivity index is 1.69. The van der Waals surface area contributed by atoms with E-state index in [9.17, 15) is 4.79 Å². The number of hydrogen-bond acceptors (Lipinski definition) is 7. The molecule has 132 valence electrons. The fraction of sp³-hybridized carbons (Fsp3) is 0.500. The molecule has 0 aliphatic carbocycles. The molecular weight excluding hydrogens is 358 g/mol. The van der Waals surface area contributed by atoms with Crippen LogP contribution in [0.3, 0.4) is 0 Å². The van der Waals surface area contributed by atoms with Crippen LogP contribution in [-0.4, -0.2) is 45.7 Å². The fourth-order valence-electron chi connectivity index (χ4n) is 2.58. The summed E-state index contributed by atoms with van der Waals surface area (Å²) in [6.45, 7) is 1.86. The van der Waals surface area contributed by atoms with Gasteiger partial charge in [-0.1, -0.05) is 17.8 Å². The molecule has 2 aromatic heterocycles. The molecule has 1 amide bonds. The van der Waals surface area contributed by atoms with Crippen LogP contribution >= 0.6 is 23.1 Å². The van der Waals surface area contributed by atoms with Crippen LogP contribution in [0.4, 0.5) is 0 Å². The Labute approximate surface area is 154 Å². The van der Waals surface area contributed by atoms with Crippen LogP contribution in [-0.2, 0) is 16.1 Å². The molecule has 1 aliphatic rings. The number of nitriles is 1. The minimum atomic E-state index is -0.107. The number of amides is 1. The third-order valence-corrected chi connectivity index (χ3v) is 5.59. The Hall–Kier alpha value is -1.89. The van der Waals surface area contributed by atoms with Crippen molar-refractivity contribution in [1.29, 1.82) is 5.26 Å². The number of nitrogens with zero attached hydrogens (tertiary/aromatic N) is 4. The quantitative estimate of drug-likeness (QED) is 0.560. The average molecular weight is 377 g/mol. The minimum absolute atomic E-state index is 0.107. The van der Waals surface area contributed by atoms with Gasteiger partial charge in [-0.25, -0.2) is 0 Å². The highest BCUT2D eigenvalue weighted by Crippen LogP contribution is 2.28. The number of hydrogen-bond donors (Lipinski definition) is 1. The second kappa shape index (κ2) is 8.99. The summed E-state index contributed by atoms with van der Waals surface area (Å²) in [6, 6.07) is 6.01. The van der Waals surface area contributed by atoms with E-state index in [2.05, 4.69) is 20.1 Å². The molecule has 1 atom stereocenters. The lowest BCUT2D eigenvalue weighted by molar-refractivity contribution is -0.118. The van der Waals surface area contributed by atoms with E-state index in [0.717, 1.165) is 30.2 Å². The molecular formula is C16H19N5O2S2. The molecule has 1 aliphatic heterocycles. The summed E-state index contributed by atoms with van der Waals surface area (Å²) in [4.78, 5) is 12.9. The Morgan fingerprint density at radius 3 is 3.20 bits per heavy atom.